The van der Waals surface area contributed by atoms with E-state index in [1.54, 1.807) is 6.08 Å². The molecule has 0 spiro atoms. The van der Waals surface area contributed by atoms with Gasteiger partial charge in [-0.2, -0.15) is 0 Å². The molecule has 1 heterocycles. The van der Waals surface area contributed by atoms with Crippen molar-refractivity contribution in [2.75, 3.05) is 12.4 Å². The molecule has 0 bridgehead atoms. The van der Waals surface area contributed by atoms with E-state index in [9.17, 15) is 9.59 Å². The molecule has 0 aliphatic carbocycles. The normalized spacial score (nSPS) is 13.6. The quantitative estimate of drug-likeness (QED) is 0.806. The summed E-state index contributed by atoms with van der Waals surface area (Å²) in [7, 11) is 1.36. The molecule has 1 aliphatic heterocycles. The molecule has 1 amide bonds. The molecule has 0 unspecified atom stereocenters. The second-order valence-corrected chi connectivity index (χ2v) is 3.82. The minimum Gasteiger partial charge on any atom is -0.469 e. The standard InChI is InChI=1S/C13H13NO3/c1-17-13(16)4-2-3-9-5-6-11-10(7-9)8-12(15)14-11/h2-3,5-7H,4,8H2,1H3,(H,14,15). The van der Waals surface area contributed by atoms with Gasteiger partial charge in [0.1, 0.15) is 0 Å². The Labute approximate surface area is 99.3 Å². The van der Waals surface area contributed by atoms with Crippen molar-refractivity contribution in [1.82, 2.24) is 0 Å². The Morgan fingerprint density at radius 3 is 3.12 bits per heavy atom. The van der Waals surface area contributed by atoms with Gasteiger partial charge in [-0.15, -0.1) is 0 Å². The highest BCUT2D eigenvalue weighted by Gasteiger charge is 2.16. The van der Waals surface area contributed by atoms with E-state index in [1.165, 1.54) is 7.11 Å². The molecule has 0 saturated carbocycles. The summed E-state index contributed by atoms with van der Waals surface area (Å²) in [6.07, 6.45) is 4.27. The predicted octanol–water partition coefficient (Wildman–Crippen LogP) is 1.76. The molecule has 1 aromatic rings. The van der Waals surface area contributed by atoms with Crippen molar-refractivity contribution < 1.29 is 14.3 Å². The Balaban J connectivity index is 2.06. The number of nitrogens with one attached hydrogen (secondary N) is 1. The average Bonchev–Trinajstić information content (AvgIpc) is 2.68. The van der Waals surface area contributed by atoms with E-state index in [1.807, 2.05) is 24.3 Å². The monoisotopic (exact) mass is 231 g/mol. The van der Waals surface area contributed by atoms with E-state index in [4.69, 9.17) is 0 Å². The van der Waals surface area contributed by atoms with Crippen LogP contribution >= 0.6 is 0 Å². The summed E-state index contributed by atoms with van der Waals surface area (Å²) in [5.74, 6) is -0.241. The molecule has 0 fully saturated rings. The fourth-order valence-electron chi connectivity index (χ4n) is 1.73. The van der Waals surface area contributed by atoms with Gasteiger partial charge in [-0.3, -0.25) is 9.59 Å². The van der Waals surface area contributed by atoms with Crippen LogP contribution in [0.3, 0.4) is 0 Å². The molecular weight excluding hydrogens is 218 g/mol. The number of methoxy groups -OCH3 is 1. The molecule has 0 aromatic heterocycles. The van der Waals surface area contributed by atoms with Crippen molar-refractivity contribution in [3.05, 3.63) is 35.4 Å². The Morgan fingerprint density at radius 1 is 1.53 bits per heavy atom. The van der Waals surface area contributed by atoms with Gasteiger partial charge in [-0.05, 0) is 23.3 Å². The number of carbonyl (C=O) groups excluding carboxylic acids is 2. The van der Waals surface area contributed by atoms with Gasteiger partial charge < -0.3 is 10.1 Å². The minimum absolute atomic E-state index is 0.0238. The highest BCUT2D eigenvalue weighted by Crippen LogP contribution is 2.24. The first-order valence-electron chi connectivity index (χ1n) is 5.35. The molecule has 17 heavy (non-hydrogen) atoms. The molecule has 88 valence electrons. The van der Waals surface area contributed by atoms with Crippen LogP contribution in [0.1, 0.15) is 17.5 Å². The third-order valence-electron chi connectivity index (χ3n) is 2.58. The fraction of sp³-hybridized carbons (Fsp3) is 0.231. The first-order chi connectivity index (χ1) is 8.19. The van der Waals surface area contributed by atoms with Crippen LogP contribution in [0, 0.1) is 0 Å². The number of hydrogen-bond donors (Lipinski definition) is 1. The number of fused-ring (bicyclic) bond motifs is 1. The van der Waals surface area contributed by atoms with Gasteiger partial charge in [0.15, 0.2) is 0 Å². The SMILES string of the molecule is COC(=O)CC=Cc1ccc2c(c1)CC(=O)N2. The molecule has 1 aromatic carbocycles. The van der Waals surface area contributed by atoms with Gasteiger partial charge in [0, 0.05) is 5.69 Å². The number of carbonyl (C=O) groups is 2. The van der Waals surface area contributed by atoms with E-state index in [2.05, 4.69) is 10.1 Å². The predicted molar refractivity (Wildman–Crippen MR) is 64.4 cm³/mol. The number of benzene rings is 1. The first kappa shape index (κ1) is 11.4. The largest absolute Gasteiger partial charge is 0.469 e. The summed E-state index contributed by atoms with van der Waals surface area (Å²) in [5.41, 5.74) is 2.85. The van der Waals surface area contributed by atoms with Crippen LogP contribution < -0.4 is 5.32 Å². The molecule has 2 rings (SSSR count). The maximum absolute atomic E-state index is 11.2. The Kier molecular flexibility index (Phi) is 3.23. The second kappa shape index (κ2) is 4.82. The summed E-state index contributed by atoms with van der Waals surface area (Å²) >= 11 is 0. The zero-order valence-electron chi connectivity index (χ0n) is 9.53. The van der Waals surface area contributed by atoms with Gasteiger partial charge in [-0.1, -0.05) is 18.2 Å². The molecule has 4 heteroatoms. The van der Waals surface area contributed by atoms with Crippen LogP contribution in [0.5, 0.6) is 0 Å². The molecule has 1 aliphatic rings. The van der Waals surface area contributed by atoms with Crippen LogP contribution in [0.25, 0.3) is 6.08 Å². The maximum atomic E-state index is 11.2. The molecule has 1 N–H and O–H groups in total. The lowest BCUT2D eigenvalue weighted by molar-refractivity contribution is -0.139. The van der Waals surface area contributed by atoms with Crippen molar-refractivity contribution in [2.45, 2.75) is 12.8 Å². The van der Waals surface area contributed by atoms with E-state index >= 15 is 0 Å². The average molecular weight is 231 g/mol. The Morgan fingerprint density at radius 2 is 2.35 bits per heavy atom. The lowest BCUT2D eigenvalue weighted by Crippen LogP contribution is -2.03. The van der Waals surface area contributed by atoms with Gasteiger partial charge >= 0.3 is 5.97 Å². The lowest BCUT2D eigenvalue weighted by atomic mass is 10.1. The summed E-state index contributed by atoms with van der Waals surface area (Å²) in [6.45, 7) is 0. The van der Waals surface area contributed by atoms with Crippen molar-refractivity contribution in [1.29, 1.82) is 0 Å². The van der Waals surface area contributed by atoms with E-state index < -0.39 is 0 Å². The van der Waals surface area contributed by atoms with Crippen LogP contribution in [-0.4, -0.2) is 19.0 Å². The number of hydrogen-bond acceptors (Lipinski definition) is 3. The second-order valence-electron chi connectivity index (χ2n) is 3.82. The summed E-state index contributed by atoms with van der Waals surface area (Å²) in [4.78, 5) is 22.1. The molecule has 0 atom stereocenters. The van der Waals surface area contributed by atoms with Gasteiger partial charge in [0.25, 0.3) is 0 Å². The third-order valence-corrected chi connectivity index (χ3v) is 2.58. The Bertz CT molecular complexity index is 491. The highest BCUT2D eigenvalue weighted by molar-refractivity contribution is 5.99. The van der Waals surface area contributed by atoms with Crippen molar-refractivity contribution in [3.63, 3.8) is 0 Å². The zero-order valence-corrected chi connectivity index (χ0v) is 9.53. The topological polar surface area (TPSA) is 55.4 Å². The smallest absolute Gasteiger partial charge is 0.309 e. The number of ether oxygens (including phenoxy) is 1. The molecular formula is C13H13NO3. The van der Waals surface area contributed by atoms with Crippen LogP contribution in [0.2, 0.25) is 0 Å². The maximum Gasteiger partial charge on any atom is 0.309 e. The summed E-state index contributed by atoms with van der Waals surface area (Å²) in [5, 5.41) is 2.77. The van der Waals surface area contributed by atoms with Gasteiger partial charge in [0.2, 0.25) is 5.91 Å². The number of esters is 1. The zero-order chi connectivity index (χ0) is 12.3. The summed E-state index contributed by atoms with van der Waals surface area (Å²) < 4.78 is 4.53. The van der Waals surface area contributed by atoms with Crippen LogP contribution in [0.4, 0.5) is 5.69 Å². The Hall–Kier alpha value is -2.10. The summed E-state index contributed by atoms with van der Waals surface area (Å²) in [6, 6.07) is 5.72. The van der Waals surface area contributed by atoms with Crippen LogP contribution in [0.15, 0.2) is 24.3 Å². The van der Waals surface area contributed by atoms with Crippen LogP contribution in [-0.2, 0) is 20.7 Å². The number of rotatable bonds is 3. The highest BCUT2D eigenvalue weighted by atomic mass is 16.5. The van der Waals surface area contributed by atoms with E-state index in [0.717, 1.165) is 16.8 Å². The van der Waals surface area contributed by atoms with E-state index in [0.29, 0.717) is 6.42 Å². The van der Waals surface area contributed by atoms with Gasteiger partial charge in [-0.25, -0.2) is 0 Å². The van der Waals surface area contributed by atoms with Crippen molar-refractivity contribution >= 4 is 23.6 Å². The fourth-order valence-corrected chi connectivity index (χ4v) is 1.73. The molecule has 4 nitrogen and oxygen atoms in total. The van der Waals surface area contributed by atoms with Gasteiger partial charge in [0.05, 0.1) is 20.0 Å². The third kappa shape index (κ3) is 2.72. The first-order valence-corrected chi connectivity index (χ1v) is 5.35. The van der Waals surface area contributed by atoms with Crippen molar-refractivity contribution in [2.24, 2.45) is 0 Å². The van der Waals surface area contributed by atoms with Crippen molar-refractivity contribution in [3.8, 4) is 0 Å². The molecule has 0 radical (unpaired) electrons. The van der Waals surface area contributed by atoms with E-state index in [-0.39, 0.29) is 18.3 Å². The molecule has 0 saturated heterocycles. The number of amides is 1. The minimum atomic E-state index is -0.265. The number of anilines is 1. The lowest BCUT2D eigenvalue weighted by Gasteiger charge is -1.99.